The van der Waals surface area contributed by atoms with Crippen LogP contribution in [0.25, 0.3) is 5.82 Å². The number of nitrogens with one attached hydrogen (secondary N) is 1. The van der Waals surface area contributed by atoms with Crippen molar-refractivity contribution in [2.24, 2.45) is 0 Å². The van der Waals surface area contributed by atoms with Gasteiger partial charge in [0.1, 0.15) is 5.15 Å². The number of aromatic nitrogens is 3. The minimum Gasteiger partial charge on any atom is -0.758 e. The van der Waals surface area contributed by atoms with E-state index in [4.69, 9.17) is 24.2 Å². The van der Waals surface area contributed by atoms with Gasteiger partial charge in [-0.15, -0.1) is 0 Å². The van der Waals surface area contributed by atoms with Gasteiger partial charge in [0, 0.05) is 29.7 Å². The van der Waals surface area contributed by atoms with Crippen LogP contribution in [0.3, 0.4) is 0 Å². The van der Waals surface area contributed by atoms with Crippen molar-refractivity contribution in [1.29, 1.82) is 0 Å². The van der Waals surface area contributed by atoms with Gasteiger partial charge >= 0.3 is 0 Å². The standard InChI is InChI=1S/C15H13ClN4OS2.2CH3.V/c16-14-11(15(21)19-23-10-4-2-1-3-5-10)6-7-12(17-14)20-9-8-13(22)18-20;;;/h2,4-9H,1,3H2,(H,18,22)(H,19,21);2*1H3;/q;2*-1;/p-1. The zero-order valence-corrected chi connectivity index (χ0v) is 18.1. The fourth-order valence-corrected chi connectivity index (χ4v) is 3.05. The molecule has 1 amide bonds. The van der Waals surface area contributed by atoms with Crippen molar-refractivity contribution in [3.63, 3.8) is 0 Å². The molecule has 0 saturated carbocycles. The Bertz CT molecular complexity index is 808. The summed E-state index contributed by atoms with van der Waals surface area (Å²) < 4.78 is 4.28. The first-order valence-corrected chi connectivity index (χ1v) is 8.47. The quantitative estimate of drug-likeness (QED) is 0.329. The molecule has 2 heterocycles. The Balaban J connectivity index is 0.00000208. The first kappa shape index (κ1) is 24.8. The molecule has 1 aliphatic rings. The van der Waals surface area contributed by atoms with Crippen molar-refractivity contribution >= 4 is 42.1 Å². The molecule has 3 rings (SSSR count). The van der Waals surface area contributed by atoms with Crippen molar-refractivity contribution < 1.29 is 23.4 Å². The fourth-order valence-electron chi connectivity index (χ4n) is 1.98. The van der Waals surface area contributed by atoms with Crippen LogP contribution in [-0.2, 0) is 31.2 Å². The molecule has 0 saturated heterocycles. The minimum atomic E-state index is -0.289. The van der Waals surface area contributed by atoms with Crippen LogP contribution in [0.4, 0.5) is 0 Å². The van der Waals surface area contributed by atoms with Gasteiger partial charge < -0.3 is 27.5 Å². The number of pyridine rings is 1. The number of halogens is 1. The number of rotatable bonds is 4. The smallest absolute Gasteiger partial charge is 0.264 e. The molecule has 1 radical (unpaired) electrons. The van der Waals surface area contributed by atoms with Crippen molar-refractivity contribution in [2.75, 3.05) is 0 Å². The molecule has 0 aliphatic heterocycles. The predicted octanol–water partition coefficient (Wildman–Crippen LogP) is 4.34. The summed E-state index contributed by atoms with van der Waals surface area (Å²) in [6.07, 6.45) is 9.86. The number of carbonyl (C=O) groups is 1. The third kappa shape index (κ3) is 6.18. The van der Waals surface area contributed by atoms with Crippen molar-refractivity contribution in [2.45, 2.75) is 17.9 Å². The molecule has 0 spiro atoms. The van der Waals surface area contributed by atoms with Crippen LogP contribution in [-0.4, -0.2) is 20.7 Å². The fraction of sp³-hybridized carbons (Fsp3) is 0.118. The average Bonchev–Trinajstić information content (AvgIpc) is 3.00. The third-order valence-electron chi connectivity index (χ3n) is 3.10. The molecule has 2 aromatic heterocycles. The van der Waals surface area contributed by atoms with E-state index in [-0.39, 0.29) is 44.5 Å². The van der Waals surface area contributed by atoms with Crippen LogP contribution in [0.15, 0.2) is 52.6 Å². The SMILES string of the molecule is O=C(NSC1=CCCC=C1)c1ccc(-n2ccc([S-])n2)nc1Cl.[CH3-].[CH3-].[V]. The van der Waals surface area contributed by atoms with Crippen molar-refractivity contribution in [1.82, 2.24) is 19.5 Å². The largest absolute Gasteiger partial charge is 0.758 e. The molecule has 26 heavy (non-hydrogen) atoms. The van der Waals surface area contributed by atoms with Gasteiger partial charge in [-0.05, 0) is 43.0 Å². The summed E-state index contributed by atoms with van der Waals surface area (Å²) >= 11 is 12.4. The van der Waals surface area contributed by atoms with Gasteiger partial charge in [0.25, 0.3) is 5.91 Å². The predicted molar refractivity (Wildman–Crippen MR) is 106 cm³/mol. The van der Waals surface area contributed by atoms with E-state index in [1.165, 1.54) is 16.6 Å². The molecule has 0 atom stereocenters. The van der Waals surface area contributed by atoms with Gasteiger partial charge in [0.15, 0.2) is 5.82 Å². The number of allylic oxidation sites excluding steroid dienone is 3. The molecule has 0 fully saturated rings. The monoisotopic (exact) mass is 444 g/mol. The van der Waals surface area contributed by atoms with Gasteiger partial charge in [-0.1, -0.05) is 34.9 Å². The number of nitrogens with zero attached hydrogens (tertiary/aromatic N) is 3. The van der Waals surface area contributed by atoms with E-state index in [0.717, 1.165) is 17.7 Å². The topological polar surface area (TPSA) is 59.8 Å². The van der Waals surface area contributed by atoms with Gasteiger partial charge in [0.2, 0.25) is 0 Å². The number of hydrogen-bond donors (Lipinski definition) is 1. The normalized spacial score (nSPS) is 12.1. The van der Waals surface area contributed by atoms with Crippen LogP contribution in [0.2, 0.25) is 5.15 Å². The van der Waals surface area contributed by atoms with Crippen LogP contribution in [0.5, 0.6) is 0 Å². The summed E-state index contributed by atoms with van der Waals surface area (Å²) in [7, 11) is 0. The molecule has 0 aromatic carbocycles. The molecule has 0 unspecified atom stereocenters. The number of carbonyl (C=O) groups excluding carboxylic acids is 1. The van der Waals surface area contributed by atoms with E-state index in [2.05, 4.69) is 27.0 Å². The molecular weight excluding hydrogens is 427 g/mol. The van der Waals surface area contributed by atoms with Gasteiger partial charge in [-0.25, -0.2) is 9.67 Å². The van der Waals surface area contributed by atoms with Crippen LogP contribution >= 0.6 is 23.5 Å². The first-order valence-electron chi connectivity index (χ1n) is 6.87. The van der Waals surface area contributed by atoms with Crippen LogP contribution in [0.1, 0.15) is 23.2 Å². The second kappa shape index (κ2) is 11.5. The zero-order chi connectivity index (χ0) is 16.2. The second-order valence-corrected chi connectivity index (χ2v) is 6.38. The van der Waals surface area contributed by atoms with Gasteiger partial charge in [-0.2, -0.15) is 5.10 Å². The molecule has 0 bridgehead atoms. The molecule has 2 aromatic rings. The molecule has 1 aliphatic carbocycles. The van der Waals surface area contributed by atoms with Crippen LogP contribution < -0.4 is 4.72 Å². The molecule has 5 nitrogen and oxygen atoms in total. The summed E-state index contributed by atoms with van der Waals surface area (Å²) in [5.41, 5.74) is 0.314. The van der Waals surface area contributed by atoms with E-state index >= 15 is 0 Å². The second-order valence-electron chi connectivity index (χ2n) is 4.73. The van der Waals surface area contributed by atoms with E-state index in [1.807, 2.05) is 6.08 Å². The number of amides is 1. The van der Waals surface area contributed by atoms with Crippen molar-refractivity contribution in [3.05, 3.63) is 73.1 Å². The Morgan fingerprint density at radius 1 is 1.27 bits per heavy atom. The molecular formula is C17H18ClN4OS2V-3. The van der Waals surface area contributed by atoms with Gasteiger partial charge in [-0.3, -0.25) is 9.52 Å². The maximum atomic E-state index is 12.2. The Morgan fingerprint density at radius 3 is 2.62 bits per heavy atom. The Morgan fingerprint density at radius 2 is 2.04 bits per heavy atom. The zero-order valence-electron chi connectivity index (χ0n) is 14.3. The molecule has 1 N–H and O–H groups in total. The number of hydrogen-bond acceptors (Lipinski definition) is 5. The van der Waals surface area contributed by atoms with Crippen LogP contribution in [0, 0.1) is 14.9 Å². The molecule has 139 valence electrons. The van der Waals surface area contributed by atoms with Crippen molar-refractivity contribution in [3.8, 4) is 5.82 Å². The van der Waals surface area contributed by atoms with E-state index in [0.29, 0.717) is 16.4 Å². The van der Waals surface area contributed by atoms with E-state index in [9.17, 15) is 4.79 Å². The third-order valence-corrected chi connectivity index (χ3v) is 4.43. The summed E-state index contributed by atoms with van der Waals surface area (Å²) in [5.74, 6) is 0.219. The summed E-state index contributed by atoms with van der Waals surface area (Å²) in [6, 6.07) is 4.98. The minimum absolute atomic E-state index is 0. The Kier molecular flexibility index (Phi) is 10.9. The first-order chi connectivity index (χ1) is 11.1. The Labute approximate surface area is 181 Å². The van der Waals surface area contributed by atoms with Gasteiger partial charge in [0.05, 0.1) is 5.56 Å². The van der Waals surface area contributed by atoms with E-state index < -0.39 is 0 Å². The summed E-state index contributed by atoms with van der Waals surface area (Å²) in [4.78, 5) is 17.4. The molecule has 9 heteroatoms. The Hall–Kier alpha value is -1.25. The summed E-state index contributed by atoms with van der Waals surface area (Å²) in [5, 5.41) is 4.67. The van der Waals surface area contributed by atoms with E-state index in [1.54, 1.807) is 24.4 Å². The maximum Gasteiger partial charge on any atom is 0.264 e. The maximum absolute atomic E-state index is 12.2. The summed E-state index contributed by atoms with van der Waals surface area (Å²) in [6.45, 7) is 0. The average molecular weight is 445 g/mol.